The lowest BCUT2D eigenvalue weighted by atomic mass is 9.87. The average molecular weight is 226 g/mol. The van der Waals surface area contributed by atoms with Gasteiger partial charge in [0.05, 0.1) is 22.5 Å². The quantitative estimate of drug-likeness (QED) is 0.841. The molecule has 5 heteroatoms. The van der Waals surface area contributed by atoms with Crippen LogP contribution in [0.1, 0.15) is 19.3 Å². The van der Waals surface area contributed by atoms with Crippen LogP contribution in [0.5, 0.6) is 0 Å². The van der Waals surface area contributed by atoms with Crippen LogP contribution in [0.15, 0.2) is 23.4 Å². The Bertz CT molecular complexity index is 452. The van der Waals surface area contributed by atoms with Crippen LogP contribution >= 0.6 is 0 Å². The molecule has 0 spiro atoms. The summed E-state index contributed by atoms with van der Waals surface area (Å²) in [5, 5.41) is 0. The largest absolute Gasteiger partial charge is 0.396 e. The van der Waals surface area contributed by atoms with Crippen molar-refractivity contribution < 1.29 is 8.42 Å². The van der Waals surface area contributed by atoms with E-state index in [-0.39, 0.29) is 16.3 Å². The van der Waals surface area contributed by atoms with Gasteiger partial charge in [0.2, 0.25) is 0 Å². The predicted molar refractivity (Wildman–Crippen MR) is 58.0 cm³/mol. The smallest absolute Gasteiger partial charge is 0.180 e. The highest BCUT2D eigenvalue weighted by Gasteiger charge is 2.26. The van der Waals surface area contributed by atoms with Crippen LogP contribution in [0, 0.1) is 5.92 Å². The molecule has 1 aliphatic rings. The van der Waals surface area contributed by atoms with Crippen LogP contribution in [0.3, 0.4) is 0 Å². The Morgan fingerprint density at radius 1 is 1.47 bits per heavy atom. The van der Waals surface area contributed by atoms with E-state index in [0.717, 1.165) is 19.3 Å². The minimum atomic E-state index is -3.22. The Kier molecular flexibility index (Phi) is 2.65. The first-order valence-corrected chi connectivity index (χ1v) is 6.67. The molecule has 82 valence electrons. The van der Waals surface area contributed by atoms with Crippen molar-refractivity contribution in [2.24, 2.45) is 5.92 Å². The lowest BCUT2D eigenvalue weighted by Crippen LogP contribution is -2.22. The normalized spacial score (nSPS) is 17.3. The standard InChI is InChI=1S/C10H14N2O2S/c11-9-6-12-5-4-10(9)15(13,14)7-8-2-1-3-8/h4-6,8H,1-3,7,11H2. The first-order chi connectivity index (χ1) is 7.09. The second-order valence-electron chi connectivity index (χ2n) is 3.99. The van der Waals surface area contributed by atoms with Crippen molar-refractivity contribution in [3.05, 3.63) is 18.5 Å². The second-order valence-corrected chi connectivity index (χ2v) is 5.99. The average Bonchev–Trinajstić information content (AvgIpc) is 2.12. The number of pyridine rings is 1. The van der Waals surface area contributed by atoms with Gasteiger partial charge in [0.25, 0.3) is 0 Å². The number of nitrogens with two attached hydrogens (primary N) is 1. The fourth-order valence-corrected chi connectivity index (χ4v) is 3.55. The number of nitrogen functional groups attached to an aromatic ring is 1. The molecule has 0 aliphatic heterocycles. The van der Waals surface area contributed by atoms with Gasteiger partial charge in [0.15, 0.2) is 9.84 Å². The van der Waals surface area contributed by atoms with Gasteiger partial charge in [-0.25, -0.2) is 8.42 Å². The SMILES string of the molecule is Nc1cnccc1S(=O)(=O)CC1CCC1. The number of nitrogens with zero attached hydrogens (tertiary/aromatic N) is 1. The summed E-state index contributed by atoms with van der Waals surface area (Å²) < 4.78 is 23.9. The number of sulfone groups is 1. The first kappa shape index (κ1) is 10.4. The Hall–Kier alpha value is -1.10. The van der Waals surface area contributed by atoms with Crippen molar-refractivity contribution in [3.63, 3.8) is 0 Å². The minimum Gasteiger partial charge on any atom is -0.396 e. The van der Waals surface area contributed by atoms with Gasteiger partial charge in [-0.15, -0.1) is 0 Å². The summed E-state index contributed by atoms with van der Waals surface area (Å²) in [5.41, 5.74) is 5.85. The molecule has 0 aromatic carbocycles. The van der Waals surface area contributed by atoms with Gasteiger partial charge < -0.3 is 5.73 Å². The lowest BCUT2D eigenvalue weighted by Gasteiger charge is -2.24. The molecule has 0 saturated heterocycles. The molecular weight excluding hydrogens is 212 g/mol. The van der Waals surface area contributed by atoms with Crippen LogP contribution < -0.4 is 5.73 Å². The summed E-state index contributed by atoms with van der Waals surface area (Å²) in [7, 11) is -3.22. The molecule has 1 aromatic heterocycles. The summed E-state index contributed by atoms with van der Waals surface area (Å²) in [6, 6.07) is 1.48. The third-order valence-corrected chi connectivity index (χ3v) is 4.78. The highest BCUT2D eigenvalue weighted by molar-refractivity contribution is 7.91. The van der Waals surface area contributed by atoms with Crippen molar-refractivity contribution in [2.75, 3.05) is 11.5 Å². The maximum Gasteiger partial charge on any atom is 0.180 e. The van der Waals surface area contributed by atoms with Crippen LogP contribution in [-0.4, -0.2) is 19.2 Å². The van der Waals surface area contributed by atoms with E-state index in [4.69, 9.17) is 5.73 Å². The molecule has 4 nitrogen and oxygen atoms in total. The van der Waals surface area contributed by atoms with Crippen molar-refractivity contribution >= 4 is 15.5 Å². The van der Waals surface area contributed by atoms with Gasteiger partial charge in [0.1, 0.15) is 0 Å². The number of aromatic nitrogens is 1. The number of hydrogen-bond donors (Lipinski definition) is 1. The highest BCUT2D eigenvalue weighted by Crippen LogP contribution is 2.30. The molecule has 1 aromatic rings. The third kappa shape index (κ3) is 2.12. The van der Waals surface area contributed by atoms with Crippen molar-refractivity contribution in [3.8, 4) is 0 Å². The fraction of sp³-hybridized carbons (Fsp3) is 0.500. The predicted octanol–water partition coefficient (Wildman–Crippen LogP) is 1.24. The second kappa shape index (κ2) is 3.81. The Morgan fingerprint density at radius 2 is 2.20 bits per heavy atom. The topological polar surface area (TPSA) is 73.0 Å². The summed E-state index contributed by atoms with van der Waals surface area (Å²) in [6.45, 7) is 0. The molecule has 15 heavy (non-hydrogen) atoms. The van der Waals surface area contributed by atoms with Gasteiger partial charge >= 0.3 is 0 Å². The molecular formula is C10H14N2O2S. The fourth-order valence-electron chi connectivity index (χ4n) is 1.74. The van der Waals surface area contributed by atoms with E-state index < -0.39 is 9.84 Å². The van der Waals surface area contributed by atoms with Crippen LogP contribution in [0.25, 0.3) is 0 Å². The first-order valence-electron chi connectivity index (χ1n) is 5.02. The maximum atomic E-state index is 11.9. The van der Waals surface area contributed by atoms with Gasteiger partial charge in [-0.2, -0.15) is 0 Å². The van der Waals surface area contributed by atoms with Crippen molar-refractivity contribution in [2.45, 2.75) is 24.2 Å². The van der Waals surface area contributed by atoms with Crippen LogP contribution in [0.2, 0.25) is 0 Å². The zero-order valence-electron chi connectivity index (χ0n) is 8.39. The number of hydrogen-bond acceptors (Lipinski definition) is 4. The van der Waals surface area contributed by atoms with E-state index in [1.165, 1.54) is 18.5 Å². The molecule has 0 amide bonds. The highest BCUT2D eigenvalue weighted by atomic mass is 32.2. The molecule has 1 aliphatic carbocycles. The molecule has 2 N–H and O–H groups in total. The molecule has 2 rings (SSSR count). The Morgan fingerprint density at radius 3 is 2.73 bits per heavy atom. The summed E-state index contributed by atoms with van der Waals surface area (Å²) in [6.07, 6.45) is 6.03. The van der Waals surface area contributed by atoms with E-state index in [1.54, 1.807) is 0 Å². The summed E-state index contributed by atoms with van der Waals surface area (Å²) >= 11 is 0. The van der Waals surface area contributed by atoms with E-state index in [0.29, 0.717) is 5.92 Å². The Labute approximate surface area is 89.4 Å². The monoisotopic (exact) mass is 226 g/mol. The van der Waals surface area contributed by atoms with E-state index in [1.807, 2.05) is 0 Å². The summed E-state index contributed by atoms with van der Waals surface area (Å²) in [4.78, 5) is 4.01. The zero-order chi connectivity index (χ0) is 10.9. The number of anilines is 1. The minimum absolute atomic E-state index is 0.223. The van der Waals surface area contributed by atoms with Crippen molar-refractivity contribution in [1.29, 1.82) is 0 Å². The lowest BCUT2D eigenvalue weighted by molar-refractivity contribution is 0.347. The molecule has 1 saturated carbocycles. The molecule has 0 atom stereocenters. The van der Waals surface area contributed by atoms with Gasteiger partial charge in [-0.05, 0) is 24.8 Å². The molecule has 0 bridgehead atoms. The van der Waals surface area contributed by atoms with E-state index in [9.17, 15) is 8.42 Å². The summed E-state index contributed by atoms with van der Waals surface area (Å²) in [5.74, 6) is 0.545. The van der Waals surface area contributed by atoms with E-state index >= 15 is 0 Å². The molecule has 1 fully saturated rings. The van der Waals surface area contributed by atoms with Crippen molar-refractivity contribution in [1.82, 2.24) is 4.98 Å². The van der Waals surface area contributed by atoms with Crippen LogP contribution in [0.4, 0.5) is 5.69 Å². The molecule has 0 radical (unpaired) electrons. The van der Waals surface area contributed by atoms with Gasteiger partial charge in [0, 0.05) is 6.20 Å². The van der Waals surface area contributed by atoms with Gasteiger partial charge in [-0.1, -0.05) is 6.42 Å². The van der Waals surface area contributed by atoms with Gasteiger partial charge in [-0.3, -0.25) is 4.98 Å². The zero-order valence-corrected chi connectivity index (χ0v) is 9.20. The third-order valence-electron chi connectivity index (χ3n) is 2.83. The Balaban J connectivity index is 2.24. The molecule has 0 unspecified atom stereocenters. The molecule has 1 heterocycles. The van der Waals surface area contributed by atoms with E-state index in [2.05, 4.69) is 4.98 Å². The van der Waals surface area contributed by atoms with Crippen LogP contribution in [-0.2, 0) is 9.84 Å². The number of rotatable bonds is 3. The maximum absolute atomic E-state index is 11.9.